The topological polar surface area (TPSA) is 82.5 Å². The maximum Gasteiger partial charge on any atom is 0.357 e. The Morgan fingerprint density at radius 3 is 2.48 bits per heavy atom. The van der Waals surface area contributed by atoms with Gasteiger partial charge in [-0.3, -0.25) is 0 Å². The zero-order valence-corrected chi connectivity index (χ0v) is 16.3. The molecular formula is C22H21N3O4. The average molecular weight is 391 g/mol. The van der Waals surface area contributed by atoms with Gasteiger partial charge in [0.2, 0.25) is 0 Å². The summed E-state index contributed by atoms with van der Waals surface area (Å²) in [4.78, 5) is 25.3. The number of para-hydroxylation sites is 1. The van der Waals surface area contributed by atoms with Gasteiger partial charge in [-0.25, -0.2) is 14.3 Å². The number of ether oxygens (including phenoxy) is 2. The number of esters is 2. The van der Waals surface area contributed by atoms with Gasteiger partial charge in [0.25, 0.3) is 0 Å². The molecule has 0 amide bonds. The molecule has 3 aromatic rings. The summed E-state index contributed by atoms with van der Waals surface area (Å²) < 4.78 is 11.4. The van der Waals surface area contributed by atoms with E-state index in [2.05, 4.69) is 10.4 Å². The number of nitrogens with one attached hydrogen (secondary N) is 1. The Morgan fingerprint density at radius 1 is 1.00 bits per heavy atom. The normalized spacial score (nSPS) is 12.9. The van der Waals surface area contributed by atoms with Crippen LogP contribution in [0.25, 0.3) is 16.9 Å². The SMILES string of the molecule is COC(=O)c1c(-c2ccc3c(c2)CCNC3)nn(-c2ccccc2)c1C(=O)OC. The first-order valence-corrected chi connectivity index (χ1v) is 9.32. The maximum absolute atomic E-state index is 12.7. The third-order valence-corrected chi connectivity index (χ3v) is 5.02. The van der Waals surface area contributed by atoms with Crippen molar-refractivity contribution in [2.24, 2.45) is 0 Å². The van der Waals surface area contributed by atoms with Crippen LogP contribution in [0.4, 0.5) is 0 Å². The van der Waals surface area contributed by atoms with Gasteiger partial charge in [-0.05, 0) is 42.3 Å². The van der Waals surface area contributed by atoms with Gasteiger partial charge in [-0.15, -0.1) is 0 Å². The van der Waals surface area contributed by atoms with Crippen molar-refractivity contribution in [3.8, 4) is 16.9 Å². The van der Waals surface area contributed by atoms with E-state index in [1.54, 1.807) is 0 Å². The van der Waals surface area contributed by atoms with E-state index < -0.39 is 11.9 Å². The molecule has 1 aliphatic heterocycles. The molecular weight excluding hydrogens is 370 g/mol. The minimum Gasteiger partial charge on any atom is -0.465 e. The van der Waals surface area contributed by atoms with Gasteiger partial charge in [0.1, 0.15) is 11.3 Å². The number of rotatable bonds is 4. The summed E-state index contributed by atoms with van der Waals surface area (Å²) in [7, 11) is 2.56. The molecule has 7 nitrogen and oxygen atoms in total. The summed E-state index contributed by atoms with van der Waals surface area (Å²) in [5.41, 5.74) is 4.35. The largest absolute Gasteiger partial charge is 0.465 e. The second-order valence-electron chi connectivity index (χ2n) is 6.71. The van der Waals surface area contributed by atoms with Crippen LogP contribution in [-0.2, 0) is 22.4 Å². The molecule has 0 unspecified atom stereocenters. The minimum absolute atomic E-state index is 0.0416. The number of aromatic nitrogens is 2. The predicted molar refractivity (Wildman–Crippen MR) is 107 cm³/mol. The van der Waals surface area contributed by atoms with Crippen molar-refractivity contribution in [3.63, 3.8) is 0 Å². The summed E-state index contributed by atoms with van der Waals surface area (Å²) in [6, 6.07) is 15.1. The monoisotopic (exact) mass is 391 g/mol. The van der Waals surface area contributed by atoms with Gasteiger partial charge >= 0.3 is 11.9 Å². The van der Waals surface area contributed by atoms with Gasteiger partial charge < -0.3 is 14.8 Å². The quantitative estimate of drug-likeness (QED) is 0.689. The highest BCUT2D eigenvalue weighted by Crippen LogP contribution is 2.31. The molecule has 148 valence electrons. The smallest absolute Gasteiger partial charge is 0.357 e. The molecule has 1 N–H and O–H groups in total. The van der Waals surface area contributed by atoms with Crippen LogP contribution in [-0.4, -0.2) is 42.5 Å². The van der Waals surface area contributed by atoms with Crippen molar-refractivity contribution in [2.75, 3.05) is 20.8 Å². The highest BCUT2D eigenvalue weighted by molar-refractivity contribution is 6.06. The molecule has 0 radical (unpaired) electrons. The van der Waals surface area contributed by atoms with Crippen molar-refractivity contribution in [2.45, 2.75) is 13.0 Å². The van der Waals surface area contributed by atoms with E-state index in [0.717, 1.165) is 25.1 Å². The Morgan fingerprint density at radius 2 is 1.76 bits per heavy atom. The lowest BCUT2D eigenvalue weighted by molar-refractivity contribution is 0.0549. The molecule has 0 saturated carbocycles. The molecule has 1 aromatic heterocycles. The number of nitrogens with zero attached hydrogens (tertiary/aromatic N) is 2. The first kappa shape index (κ1) is 18.9. The summed E-state index contributed by atoms with van der Waals surface area (Å²) in [5, 5.41) is 7.98. The van der Waals surface area contributed by atoms with Gasteiger partial charge in [0.05, 0.1) is 19.9 Å². The second kappa shape index (κ2) is 7.89. The van der Waals surface area contributed by atoms with Crippen molar-refractivity contribution in [3.05, 3.63) is 70.9 Å². The molecule has 1 aliphatic rings. The van der Waals surface area contributed by atoms with Crippen LogP contribution in [0, 0.1) is 0 Å². The van der Waals surface area contributed by atoms with Crippen LogP contribution in [0.5, 0.6) is 0 Å². The average Bonchev–Trinajstić information content (AvgIpc) is 3.19. The van der Waals surface area contributed by atoms with E-state index >= 15 is 0 Å². The lowest BCUT2D eigenvalue weighted by atomic mass is 9.96. The van der Waals surface area contributed by atoms with E-state index in [1.807, 2.05) is 48.5 Å². The summed E-state index contributed by atoms with van der Waals surface area (Å²) in [6.07, 6.45) is 0.889. The van der Waals surface area contributed by atoms with Crippen LogP contribution in [0.2, 0.25) is 0 Å². The summed E-state index contributed by atoms with van der Waals surface area (Å²) in [6.45, 7) is 1.71. The predicted octanol–water partition coefficient (Wildman–Crippen LogP) is 2.76. The number of hydrogen-bond acceptors (Lipinski definition) is 6. The van der Waals surface area contributed by atoms with Crippen LogP contribution >= 0.6 is 0 Å². The van der Waals surface area contributed by atoms with Gasteiger partial charge in [-0.1, -0.05) is 30.3 Å². The fraction of sp³-hybridized carbons (Fsp3) is 0.227. The zero-order chi connectivity index (χ0) is 20.4. The van der Waals surface area contributed by atoms with Gasteiger partial charge in [0.15, 0.2) is 5.69 Å². The number of benzene rings is 2. The third-order valence-electron chi connectivity index (χ3n) is 5.02. The lowest BCUT2D eigenvalue weighted by Gasteiger charge is -2.17. The highest BCUT2D eigenvalue weighted by atomic mass is 16.5. The summed E-state index contributed by atoms with van der Waals surface area (Å²) in [5.74, 6) is -1.29. The molecule has 0 aliphatic carbocycles. The fourth-order valence-electron chi connectivity index (χ4n) is 3.58. The molecule has 2 aromatic carbocycles. The van der Waals surface area contributed by atoms with Crippen molar-refractivity contribution < 1.29 is 19.1 Å². The van der Waals surface area contributed by atoms with E-state index in [9.17, 15) is 9.59 Å². The van der Waals surface area contributed by atoms with Crippen molar-refractivity contribution >= 4 is 11.9 Å². The van der Waals surface area contributed by atoms with Gasteiger partial charge in [-0.2, -0.15) is 5.10 Å². The van der Waals surface area contributed by atoms with E-state index in [0.29, 0.717) is 11.4 Å². The maximum atomic E-state index is 12.7. The number of carbonyl (C=O) groups is 2. The Labute approximate surface area is 168 Å². The molecule has 2 heterocycles. The molecule has 0 saturated heterocycles. The molecule has 0 atom stereocenters. The molecule has 29 heavy (non-hydrogen) atoms. The Balaban J connectivity index is 1.97. The van der Waals surface area contributed by atoms with E-state index in [4.69, 9.17) is 9.47 Å². The van der Waals surface area contributed by atoms with Crippen molar-refractivity contribution in [1.82, 2.24) is 15.1 Å². The number of fused-ring (bicyclic) bond motifs is 1. The minimum atomic E-state index is -0.657. The van der Waals surface area contributed by atoms with Crippen LogP contribution in [0.3, 0.4) is 0 Å². The Hall–Kier alpha value is -3.45. The van der Waals surface area contributed by atoms with E-state index in [1.165, 1.54) is 30.0 Å². The molecule has 0 spiro atoms. The first-order chi connectivity index (χ1) is 14.1. The number of hydrogen-bond donors (Lipinski definition) is 1. The Bertz CT molecular complexity index is 1070. The lowest BCUT2D eigenvalue weighted by Crippen LogP contribution is -2.23. The number of methoxy groups -OCH3 is 2. The number of carbonyl (C=O) groups excluding carboxylic acids is 2. The van der Waals surface area contributed by atoms with E-state index in [-0.39, 0.29) is 11.3 Å². The molecule has 7 heteroatoms. The summed E-state index contributed by atoms with van der Waals surface area (Å²) >= 11 is 0. The molecule has 0 fully saturated rings. The molecule has 4 rings (SSSR count). The third kappa shape index (κ3) is 3.40. The van der Waals surface area contributed by atoms with Crippen LogP contribution in [0.15, 0.2) is 48.5 Å². The molecule has 0 bridgehead atoms. The fourth-order valence-corrected chi connectivity index (χ4v) is 3.58. The van der Waals surface area contributed by atoms with Crippen LogP contribution in [0.1, 0.15) is 32.0 Å². The standard InChI is InChI=1S/C22H21N3O4/c1-28-21(26)18-19(15-8-9-16-13-23-11-10-14(16)12-15)24-25(20(18)22(27)29-2)17-6-4-3-5-7-17/h3-9,12,23H,10-11,13H2,1-2H3. The first-order valence-electron chi connectivity index (χ1n) is 9.32. The zero-order valence-electron chi connectivity index (χ0n) is 16.3. The Kier molecular flexibility index (Phi) is 5.14. The van der Waals surface area contributed by atoms with Crippen molar-refractivity contribution in [1.29, 1.82) is 0 Å². The van der Waals surface area contributed by atoms with Gasteiger partial charge in [0, 0.05) is 12.1 Å². The highest BCUT2D eigenvalue weighted by Gasteiger charge is 2.31. The van der Waals surface area contributed by atoms with Crippen LogP contribution < -0.4 is 5.32 Å². The second-order valence-corrected chi connectivity index (χ2v) is 6.71.